The third-order valence-electron chi connectivity index (χ3n) is 2.28. The summed E-state index contributed by atoms with van der Waals surface area (Å²) in [6.07, 6.45) is 0. The van der Waals surface area contributed by atoms with Gasteiger partial charge in [0.1, 0.15) is 17.9 Å². The first-order chi connectivity index (χ1) is 7.95. The van der Waals surface area contributed by atoms with Gasteiger partial charge in [-0.1, -0.05) is 0 Å². The first-order valence-corrected chi connectivity index (χ1v) is 5.13. The molecule has 1 aromatic rings. The van der Waals surface area contributed by atoms with Gasteiger partial charge in [-0.05, 0) is 25.1 Å². The van der Waals surface area contributed by atoms with Crippen LogP contribution in [0.5, 0.6) is 0 Å². The lowest BCUT2D eigenvalue weighted by atomic mass is 10.2. The van der Waals surface area contributed by atoms with Crippen molar-refractivity contribution in [1.29, 1.82) is 5.26 Å². The summed E-state index contributed by atoms with van der Waals surface area (Å²) < 4.78 is 13.3. The second-order valence-electron chi connectivity index (χ2n) is 3.91. The summed E-state index contributed by atoms with van der Waals surface area (Å²) in [7, 11) is 3.31. The number of nitrogens with zero attached hydrogens (tertiary/aromatic N) is 2. The highest BCUT2D eigenvalue weighted by atomic mass is 19.1. The van der Waals surface area contributed by atoms with E-state index in [2.05, 4.69) is 5.32 Å². The van der Waals surface area contributed by atoms with E-state index in [4.69, 9.17) is 5.26 Å². The minimum absolute atomic E-state index is 0.0119. The first-order valence-electron chi connectivity index (χ1n) is 5.13. The van der Waals surface area contributed by atoms with Crippen molar-refractivity contribution in [1.82, 2.24) is 4.90 Å². The van der Waals surface area contributed by atoms with Crippen molar-refractivity contribution in [3.63, 3.8) is 0 Å². The summed E-state index contributed by atoms with van der Waals surface area (Å²) >= 11 is 0. The summed E-state index contributed by atoms with van der Waals surface area (Å²) in [5, 5.41) is 11.5. The van der Waals surface area contributed by atoms with Crippen LogP contribution in [0.1, 0.15) is 12.5 Å². The fraction of sp³-hybridized carbons (Fsp3) is 0.333. The number of anilines is 1. The standard InChI is InChI=1S/C12H14FN3O/c1-8(12(17)16(2)3)15-10-5-4-9(7-14)11(13)6-10/h4-6,8,15H,1-3H3. The molecule has 0 saturated heterocycles. The molecule has 1 rings (SSSR count). The van der Waals surface area contributed by atoms with Gasteiger partial charge in [0.05, 0.1) is 5.56 Å². The van der Waals surface area contributed by atoms with Crippen molar-refractivity contribution < 1.29 is 9.18 Å². The third kappa shape index (κ3) is 3.18. The van der Waals surface area contributed by atoms with Crippen molar-refractivity contribution >= 4 is 11.6 Å². The monoisotopic (exact) mass is 235 g/mol. The van der Waals surface area contributed by atoms with Crippen molar-refractivity contribution in [2.45, 2.75) is 13.0 Å². The van der Waals surface area contributed by atoms with Crippen LogP contribution in [0.3, 0.4) is 0 Å². The first kappa shape index (κ1) is 13.0. The number of likely N-dealkylation sites (N-methyl/N-ethyl adjacent to an activating group) is 1. The number of hydrogen-bond donors (Lipinski definition) is 1. The average Bonchev–Trinajstić information content (AvgIpc) is 2.28. The van der Waals surface area contributed by atoms with Crippen LogP contribution in [0.25, 0.3) is 0 Å². The SMILES string of the molecule is CC(Nc1ccc(C#N)c(F)c1)C(=O)N(C)C. The second kappa shape index (κ2) is 5.30. The van der Waals surface area contributed by atoms with E-state index >= 15 is 0 Å². The lowest BCUT2D eigenvalue weighted by Gasteiger charge is -2.19. The maximum Gasteiger partial charge on any atom is 0.244 e. The molecule has 0 aliphatic carbocycles. The van der Waals surface area contributed by atoms with E-state index in [1.54, 1.807) is 33.2 Å². The Morgan fingerprint density at radius 3 is 2.65 bits per heavy atom. The number of nitriles is 1. The molecule has 0 bridgehead atoms. The Morgan fingerprint density at radius 2 is 2.18 bits per heavy atom. The highest BCUT2D eigenvalue weighted by Gasteiger charge is 2.14. The van der Waals surface area contributed by atoms with Gasteiger partial charge in [0.25, 0.3) is 0 Å². The Labute approximate surface area is 99.7 Å². The number of amides is 1. The lowest BCUT2D eigenvalue weighted by Crippen LogP contribution is -2.36. The summed E-state index contributed by atoms with van der Waals surface area (Å²) in [6.45, 7) is 1.69. The Balaban J connectivity index is 2.80. The number of nitrogens with one attached hydrogen (secondary N) is 1. The third-order valence-corrected chi connectivity index (χ3v) is 2.28. The molecule has 90 valence electrons. The smallest absolute Gasteiger partial charge is 0.244 e. The lowest BCUT2D eigenvalue weighted by molar-refractivity contribution is -0.129. The van der Waals surface area contributed by atoms with Gasteiger partial charge in [0.15, 0.2) is 0 Å². The maximum atomic E-state index is 13.3. The van der Waals surface area contributed by atoms with Crippen LogP contribution in [0.4, 0.5) is 10.1 Å². The van der Waals surface area contributed by atoms with E-state index in [0.717, 1.165) is 0 Å². The predicted octanol–water partition coefficient (Wildman–Crippen LogP) is 1.59. The molecule has 5 heteroatoms. The average molecular weight is 235 g/mol. The molecule has 4 nitrogen and oxygen atoms in total. The predicted molar refractivity (Wildman–Crippen MR) is 62.9 cm³/mol. The Morgan fingerprint density at radius 1 is 1.53 bits per heavy atom. The van der Waals surface area contributed by atoms with E-state index in [-0.39, 0.29) is 11.5 Å². The summed E-state index contributed by atoms with van der Waals surface area (Å²) in [4.78, 5) is 13.0. The number of halogens is 1. The van der Waals surface area contributed by atoms with Crippen molar-refractivity contribution in [2.24, 2.45) is 0 Å². The van der Waals surface area contributed by atoms with Crippen LogP contribution < -0.4 is 5.32 Å². The van der Waals surface area contributed by atoms with E-state index < -0.39 is 11.9 Å². The van der Waals surface area contributed by atoms with Gasteiger partial charge in [-0.2, -0.15) is 5.26 Å². The number of carbonyl (C=O) groups excluding carboxylic acids is 1. The van der Waals surface area contributed by atoms with Crippen LogP contribution in [0, 0.1) is 17.1 Å². The largest absolute Gasteiger partial charge is 0.374 e. The molecule has 0 fully saturated rings. The number of hydrogen-bond acceptors (Lipinski definition) is 3. The summed E-state index contributed by atoms with van der Waals surface area (Å²) in [5.41, 5.74) is 0.464. The van der Waals surface area contributed by atoms with Crippen LogP contribution in [0.2, 0.25) is 0 Å². The van der Waals surface area contributed by atoms with E-state index in [0.29, 0.717) is 5.69 Å². The molecular formula is C12H14FN3O. The quantitative estimate of drug-likeness (QED) is 0.865. The Hall–Kier alpha value is -2.09. The number of carbonyl (C=O) groups is 1. The van der Waals surface area contributed by atoms with E-state index in [9.17, 15) is 9.18 Å². The zero-order valence-electron chi connectivity index (χ0n) is 9.99. The minimum atomic E-state index is -0.595. The van der Waals surface area contributed by atoms with Crippen molar-refractivity contribution in [2.75, 3.05) is 19.4 Å². The molecule has 1 N–H and O–H groups in total. The fourth-order valence-electron chi connectivity index (χ4n) is 1.39. The molecule has 17 heavy (non-hydrogen) atoms. The molecule has 0 heterocycles. The highest BCUT2D eigenvalue weighted by molar-refractivity contribution is 5.83. The van der Waals surface area contributed by atoms with E-state index in [1.807, 2.05) is 0 Å². The summed E-state index contributed by atoms with van der Waals surface area (Å²) in [6, 6.07) is 5.45. The minimum Gasteiger partial charge on any atom is -0.374 e. The molecule has 0 aromatic heterocycles. The molecular weight excluding hydrogens is 221 g/mol. The fourth-order valence-corrected chi connectivity index (χ4v) is 1.39. The molecule has 0 radical (unpaired) electrons. The molecule has 0 aliphatic heterocycles. The summed E-state index contributed by atoms with van der Waals surface area (Å²) in [5.74, 6) is -0.697. The molecule has 0 aliphatic rings. The molecule has 1 amide bonds. The number of benzene rings is 1. The molecule has 0 saturated carbocycles. The molecule has 1 atom stereocenters. The zero-order chi connectivity index (χ0) is 13.0. The van der Waals surface area contributed by atoms with Crippen LogP contribution in [0.15, 0.2) is 18.2 Å². The topological polar surface area (TPSA) is 56.1 Å². The van der Waals surface area contributed by atoms with Crippen molar-refractivity contribution in [3.8, 4) is 6.07 Å². The molecule has 0 spiro atoms. The van der Waals surface area contributed by atoms with Gasteiger partial charge in [0, 0.05) is 19.8 Å². The Bertz CT molecular complexity index is 465. The number of rotatable bonds is 3. The molecule has 1 aromatic carbocycles. The van der Waals surface area contributed by atoms with Gasteiger partial charge in [-0.3, -0.25) is 4.79 Å². The zero-order valence-corrected chi connectivity index (χ0v) is 9.99. The van der Waals surface area contributed by atoms with Crippen LogP contribution >= 0.6 is 0 Å². The Kier molecular flexibility index (Phi) is 4.05. The van der Waals surface area contributed by atoms with Gasteiger partial charge < -0.3 is 10.2 Å². The maximum absolute atomic E-state index is 13.3. The van der Waals surface area contributed by atoms with Gasteiger partial charge >= 0.3 is 0 Å². The van der Waals surface area contributed by atoms with Crippen LogP contribution in [-0.2, 0) is 4.79 Å². The van der Waals surface area contributed by atoms with E-state index in [1.165, 1.54) is 17.0 Å². The van der Waals surface area contributed by atoms with Crippen molar-refractivity contribution in [3.05, 3.63) is 29.6 Å². The molecule has 1 unspecified atom stereocenters. The van der Waals surface area contributed by atoms with Crippen LogP contribution in [-0.4, -0.2) is 30.9 Å². The second-order valence-corrected chi connectivity index (χ2v) is 3.91. The normalized spacial score (nSPS) is 11.5. The highest BCUT2D eigenvalue weighted by Crippen LogP contribution is 2.14. The van der Waals surface area contributed by atoms with Gasteiger partial charge in [-0.15, -0.1) is 0 Å². The van der Waals surface area contributed by atoms with Gasteiger partial charge in [-0.25, -0.2) is 4.39 Å². The van der Waals surface area contributed by atoms with Gasteiger partial charge in [0.2, 0.25) is 5.91 Å².